The quantitative estimate of drug-likeness (QED) is 0.221. The summed E-state index contributed by atoms with van der Waals surface area (Å²) in [6.07, 6.45) is -5.06. The minimum absolute atomic E-state index is 0.000640. The molecule has 13 heteroatoms. The van der Waals surface area contributed by atoms with E-state index >= 15 is 0 Å². The number of anilines is 2. The molecule has 2 heterocycles. The van der Waals surface area contributed by atoms with Crippen molar-refractivity contribution in [3.63, 3.8) is 0 Å². The van der Waals surface area contributed by atoms with Gasteiger partial charge in [-0.25, -0.2) is 4.39 Å². The van der Waals surface area contributed by atoms with Gasteiger partial charge in [0.2, 0.25) is 0 Å². The van der Waals surface area contributed by atoms with Gasteiger partial charge in [0.15, 0.2) is 0 Å². The third-order valence-electron chi connectivity index (χ3n) is 6.42. The fourth-order valence-electron chi connectivity index (χ4n) is 4.53. The number of nitrogens with zero attached hydrogens (tertiary/aromatic N) is 2. The molecule has 0 amide bonds. The predicted octanol–water partition coefficient (Wildman–Crippen LogP) is 4.38. The number of nitrogens with one attached hydrogen (secondary N) is 2. The molecule has 0 aliphatic carbocycles. The maximum atomic E-state index is 14.6. The largest absolute Gasteiger partial charge is 0.495 e. The summed E-state index contributed by atoms with van der Waals surface area (Å²) >= 11 is 0. The van der Waals surface area contributed by atoms with Gasteiger partial charge in [-0.2, -0.15) is 21.6 Å². The molecule has 1 fully saturated rings. The highest BCUT2D eigenvalue weighted by molar-refractivity contribution is 7.85. The van der Waals surface area contributed by atoms with Gasteiger partial charge in [-0.15, -0.1) is 0 Å². The fourth-order valence-corrected chi connectivity index (χ4v) is 5.03. The van der Waals surface area contributed by atoms with Gasteiger partial charge in [0.05, 0.1) is 41.5 Å². The van der Waals surface area contributed by atoms with E-state index in [0.717, 1.165) is 10.6 Å². The van der Waals surface area contributed by atoms with Crippen LogP contribution < -0.4 is 15.4 Å². The summed E-state index contributed by atoms with van der Waals surface area (Å²) in [7, 11) is -1.27. The lowest BCUT2D eigenvalue weighted by Gasteiger charge is -2.33. The van der Waals surface area contributed by atoms with Crippen LogP contribution in [-0.2, 0) is 16.7 Å². The van der Waals surface area contributed by atoms with Crippen LogP contribution in [0.4, 0.5) is 28.9 Å². The zero-order valence-electron chi connectivity index (χ0n) is 21.2. The highest BCUT2D eigenvalue weighted by atomic mass is 32.2. The number of aromatic nitrogens is 1. The fraction of sp³-hybridized carbons (Fsp3) is 0.385. The molecule has 8 nitrogen and oxygen atoms in total. The van der Waals surface area contributed by atoms with E-state index in [1.54, 1.807) is 24.3 Å². The second kappa shape index (κ2) is 11.3. The summed E-state index contributed by atoms with van der Waals surface area (Å²) in [6, 6.07) is 9.69. The molecular formula is C26H28F4N4O4S. The first-order chi connectivity index (χ1) is 18.4. The summed E-state index contributed by atoms with van der Waals surface area (Å²) in [6.45, 7) is -0.270. The number of rotatable bonds is 7. The molecule has 210 valence electrons. The van der Waals surface area contributed by atoms with Crippen LogP contribution in [0.3, 0.4) is 0 Å². The van der Waals surface area contributed by atoms with Crippen LogP contribution in [0.1, 0.15) is 12.1 Å². The first-order valence-electron chi connectivity index (χ1n) is 12.0. The zero-order valence-corrected chi connectivity index (χ0v) is 22.0. The zero-order chi connectivity index (χ0) is 28.4. The number of piperidine rings is 1. The molecule has 3 aromatic rings. The summed E-state index contributed by atoms with van der Waals surface area (Å²) < 4.78 is 93.2. The first kappa shape index (κ1) is 28.5. The second-order valence-corrected chi connectivity index (χ2v) is 10.7. The van der Waals surface area contributed by atoms with Crippen LogP contribution in [0.5, 0.6) is 5.75 Å². The minimum atomic E-state index is -4.50. The van der Waals surface area contributed by atoms with Gasteiger partial charge < -0.3 is 24.8 Å². The van der Waals surface area contributed by atoms with Crippen molar-refractivity contribution in [2.45, 2.75) is 36.3 Å². The summed E-state index contributed by atoms with van der Waals surface area (Å²) in [5.41, 5.74) is 1.36. The number of benzene rings is 2. The van der Waals surface area contributed by atoms with E-state index in [9.17, 15) is 30.5 Å². The van der Waals surface area contributed by atoms with Crippen molar-refractivity contribution < 1.29 is 35.3 Å². The van der Waals surface area contributed by atoms with Crippen LogP contribution >= 0.6 is 0 Å². The molecule has 3 N–H and O–H groups in total. The highest BCUT2D eigenvalue weighted by Crippen LogP contribution is 2.32. The Balaban J connectivity index is 1.61. The normalized spacial score (nSPS) is 18.4. The van der Waals surface area contributed by atoms with Gasteiger partial charge in [0.25, 0.3) is 10.1 Å². The van der Waals surface area contributed by atoms with E-state index in [1.165, 1.54) is 19.2 Å². The van der Waals surface area contributed by atoms with Crippen molar-refractivity contribution in [3.05, 3.63) is 48.2 Å². The monoisotopic (exact) mass is 568 g/mol. The number of methoxy groups -OCH3 is 1. The van der Waals surface area contributed by atoms with E-state index in [2.05, 4.69) is 22.5 Å². The van der Waals surface area contributed by atoms with Gasteiger partial charge in [0.1, 0.15) is 18.5 Å². The second-order valence-electron chi connectivity index (χ2n) is 9.28. The average molecular weight is 569 g/mol. The topological polar surface area (TPSA) is 95.8 Å². The van der Waals surface area contributed by atoms with Crippen molar-refractivity contribution in [3.8, 4) is 17.6 Å². The predicted molar refractivity (Wildman–Crippen MR) is 141 cm³/mol. The van der Waals surface area contributed by atoms with Crippen LogP contribution in [-0.4, -0.2) is 74.6 Å². The Bertz CT molecular complexity index is 1510. The first-order valence-corrected chi connectivity index (χ1v) is 13.5. The standard InChI is InChI=1S/C26H28F4N4O4S/c1-33-12-10-22(20(27)15-33)32-21-6-3-7-24-19(21)13-17(34(24)16-26(28,29)30)5-4-11-31-23-9-8-18(39(35,36)37)14-25(23)38-2/h3,6-9,13-14,20,22,31-32H,10-12,15-16H2,1-2H3,(H,35,36,37)/t20-,22+/m0/s1. The molecule has 1 saturated heterocycles. The lowest BCUT2D eigenvalue weighted by atomic mass is 10.0. The number of likely N-dealkylation sites (tertiary alicyclic amines) is 1. The Labute approximate surface area is 223 Å². The SMILES string of the molecule is COc1cc(S(=O)(=O)O)ccc1NCC#Cc1cc2c(N[C@@H]3CCN(C)C[C@@H]3F)cccc2n1CC(F)(F)F. The molecule has 1 aliphatic heterocycles. The average Bonchev–Trinajstić information content (AvgIpc) is 3.19. The van der Waals surface area contributed by atoms with E-state index in [-0.39, 0.29) is 29.4 Å². The molecule has 0 spiro atoms. The molecule has 0 saturated carbocycles. The molecule has 1 aromatic heterocycles. The van der Waals surface area contributed by atoms with Crippen molar-refractivity contribution in [1.29, 1.82) is 0 Å². The van der Waals surface area contributed by atoms with E-state index in [0.29, 0.717) is 35.2 Å². The molecule has 39 heavy (non-hydrogen) atoms. The third kappa shape index (κ3) is 6.95. The summed E-state index contributed by atoms with van der Waals surface area (Å²) in [4.78, 5) is 1.54. The van der Waals surface area contributed by atoms with Crippen LogP contribution in [0.2, 0.25) is 0 Å². The van der Waals surface area contributed by atoms with E-state index in [1.807, 2.05) is 11.9 Å². The molecule has 2 aromatic carbocycles. The number of fused-ring (bicyclic) bond motifs is 1. The minimum Gasteiger partial charge on any atom is -0.495 e. The van der Waals surface area contributed by atoms with Crippen LogP contribution in [0.15, 0.2) is 47.4 Å². The Hall–Kier alpha value is -3.47. The number of halogens is 4. The number of ether oxygens (including phenoxy) is 1. The smallest absolute Gasteiger partial charge is 0.406 e. The van der Waals surface area contributed by atoms with Gasteiger partial charge in [0, 0.05) is 30.2 Å². The lowest BCUT2D eigenvalue weighted by molar-refractivity contribution is -0.140. The van der Waals surface area contributed by atoms with Crippen molar-refractivity contribution in [2.24, 2.45) is 0 Å². The Morgan fingerprint density at radius 1 is 1.18 bits per heavy atom. The van der Waals surface area contributed by atoms with Crippen LogP contribution in [0.25, 0.3) is 10.9 Å². The van der Waals surface area contributed by atoms with E-state index in [4.69, 9.17) is 4.74 Å². The van der Waals surface area contributed by atoms with Gasteiger partial charge in [-0.1, -0.05) is 12.0 Å². The Morgan fingerprint density at radius 2 is 1.95 bits per heavy atom. The van der Waals surface area contributed by atoms with Gasteiger partial charge in [-0.05, 0) is 49.7 Å². The lowest BCUT2D eigenvalue weighted by Crippen LogP contribution is -2.46. The maximum Gasteiger partial charge on any atom is 0.406 e. The van der Waals surface area contributed by atoms with Crippen molar-refractivity contribution in [2.75, 3.05) is 44.4 Å². The van der Waals surface area contributed by atoms with Crippen LogP contribution in [0, 0.1) is 11.8 Å². The van der Waals surface area contributed by atoms with Gasteiger partial charge >= 0.3 is 6.18 Å². The van der Waals surface area contributed by atoms with E-state index < -0.39 is 35.1 Å². The highest BCUT2D eigenvalue weighted by Gasteiger charge is 2.31. The maximum absolute atomic E-state index is 14.6. The third-order valence-corrected chi connectivity index (χ3v) is 7.27. The molecule has 2 atom stereocenters. The molecule has 0 unspecified atom stereocenters. The van der Waals surface area contributed by atoms with Crippen molar-refractivity contribution in [1.82, 2.24) is 9.47 Å². The Kier molecular flexibility index (Phi) is 8.29. The molecule has 0 bridgehead atoms. The summed E-state index contributed by atoms with van der Waals surface area (Å²) in [5, 5.41) is 6.61. The molecule has 0 radical (unpaired) electrons. The Morgan fingerprint density at radius 3 is 2.62 bits per heavy atom. The number of hydrogen-bond acceptors (Lipinski definition) is 6. The summed E-state index contributed by atoms with van der Waals surface area (Å²) in [5.74, 6) is 5.70. The number of hydrogen-bond donors (Lipinski definition) is 3. The molecule has 1 aliphatic rings. The van der Waals surface area contributed by atoms with Gasteiger partial charge in [-0.3, -0.25) is 4.55 Å². The molecule has 4 rings (SSSR count). The van der Waals surface area contributed by atoms with Crippen molar-refractivity contribution >= 4 is 32.4 Å². The number of alkyl halides is 4. The molecular weight excluding hydrogens is 540 g/mol.